The van der Waals surface area contributed by atoms with E-state index >= 15 is 0 Å². The van der Waals surface area contributed by atoms with Gasteiger partial charge in [0.2, 0.25) is 5.95 Å². The highest BCUT2D eigenvalue weighted by Crippen LogP contribution is 2.31. The Kier molecular flexibility index (Phi) is 4.66. The van der Waals surface area contributed by atoms with Gasteiger partial charge in [0.05, 0.1) is 17.2 Å². The van der Waals surface area contributed by atoms with Gasteiger partial charge in [-0.05, 0) is 51.7 Å². The molecule has 0 atom stereocenters. The van der Waals surface area contributed by atoms with Crippen molar-refractivity contribution in [2.45, 2.75) is 45.7 Å². The number of methoxy groups -OCH3 is 1. The first kappa shape index (κ1) is 19.0. The molecule has 1 saturated carbocycles. The number of anilines is 1. The van der Waals surface area contributed by atoms with Crippen molar-refractivity contribution >= 4 is 22.6 Å². The maximum absolute atomic E-state index is 5.22. The zero-order valence-corrected chi connectivity index (χ0v) is 17.8. The molecular formula is C22H27N7O. The molecule has 156 valence electrons. The second kappa shape index (κ2) is 7.36. The molecule has 0 aliphatic heterocycles. The number of aromatic nitrogens is 6. The van der Waals surface area contributed by atoms with Crippen LogP contribution in [-0.4, -0.2) is 48.9 Å². The van der Waals surface area contributed by atoms with Gasteiger partial charge in [-0.3, -0.25) is 0 Å². The van der Waals surface area contributed by atoms with Crippen LogP contribution < -0.4 is 5.32 Å². The van der Waals surface area contributed by atoms with Gasteiger partial charge in [0, 0.05) is 49.3 Å². The summed E-state index contributed by atoms with van der Waals surface area (Å²) in [5.74, 6) is 2.28. The van der Waals surface area contributed by atoms with Gasteiger partial charge < -0.3 is 14.6 Å². The molecule has 1 aliphatic carbocycles. The van der Waals surface area contributed by atoms with Gasteiger partial charge in [0.15, 0.2) is 5.65 Å². The van der Waals surface area contributed by atoms with Crippen LogP contribution in [0.3, 0.4) is 0 Å². The summed E-state index contributed by atoms with van der Waals surface area (Å²) in [6.07, 6.45) is 7.93. The largest absolute Gasteiger partial charge is 0.384 e. The van der Waals surface area contributed by atoms with Crippen molar-refractivity contribution in [3.8, 4) is 11.1 Å². The lowest BCUT2D eigenvalue weighted by Gasteiger charge is -2.35. The Morgan fingerprint density at radius 1 is 1.20 bits per heavy atom. The molecule has 8 heteroatoms. The summed E-state index contributed by atoms with van der Waals surface area (Å²) in [5.41, 5.74) is 4.89. The minimum Gasteiger partial charge on any atom is -0.384 e. The number of nitrogens with one attached hydrogen (secondary N) is 1. The van der Waals surface area contributed by atoms with E-state index < -0.39 is 0 Å². The molecule has 4 heterocycles. The lowest BCUT2D eigenvalue weighted by molar-refractivity contribution is 0.104. The Bertz CT molecular complexity index is 1200. The standard InChI is InChI=1S/C22H27N7O/c1-13(2)29-14(3)25-21-19(29)9-16(10-23-21)18-5-6-28-20(18)11-24-22(27-28)26-17-7-15(8-17)12-30-4/h5-6,9-11,13,15,17H,7-8,12H2,1-4H3,(H,26,27). The predicted molar refractivity (Wildman–Crippen MR) is 117 cm³/mol. The number of hydrogen-bond acceptors (Lipinski definition) is 6. The highest BCUT2D eigenvalue weighted by Gasteiger charge is 2.29. The third-order valence-corrected chi connectivity index (χ3v) is 5.94. The molecule has 0 bridgehead atoms. The van der Waals surface area contributed by atoms with Crippen molar-refractivity contribution in [2.75, 3.05) is 19.0 Å². The average molecular weight is 406 g/mol. The molecule has 0 aromatic carbocycles. The quantitative estimate of drug-likeness (QED) is 0.524. The van der Waals surface area contributed by atoms with Gasteiger partial charge in [-0.1, -0.05) is 0 Å². The van der Waals surface area contributed by atoms with Crippen molar-refractivity contribution in [3.05, 3.63) is 36.5 Å². The van der Waals surface area contributed by atoms with E-state index in [9.17, 15) is 0 Å². The van der Waals surface area contributed by atoms with E-state index in [2.05, 4.69) is 55.9 Å². The summed E-state index contributed by atoms with van der Waals surface area (Å²) in [7, 11) is 1.76. The van der Waals surface area contributed by atoms with Gasteiger partial charge >= 0.3 is 0 Å². The fraction of sp³-hybridized carbons (Fsp3) is 0.455. The predicted octanol–water partition coefficient (Wildman–Crippen LogP) is 3.87. The smallest absolute Gasteiger partial charge is 0.241 e. The minimum absolute atomic E-state index is 0.324. The second-order valence-corrected chi connectivity index (χ2v) is 8.46. The van der Waals surface area contributed by atoms with Crippen molar-refractivity contribution in [1.29, 1.82) is 0 Å². The van der Waals surface area contributed by atoms with Gasteiger partial charge in [0.25, 0.3) is 0 Å². The van der Waals surface area contributed by atoms with Crippen LogP contribution in [-0.2, 0) is 4.74 Å². The van der Waals surface area contributed by atoms with Crippen LogP contribution in [0, 0.1) is 12.8 Å². The minimum atomic E-state index is 0.324. The molecule has 0 amide bonds. The zero-order chi connectivity index (χ0) is 20.8. The highest BCUT2D eigenvalue weighted by atomic mass is 16.5. The summed E-state index contributed by atoms with van der Waals surface area (Å²) < 4.78 is 9.32. The molecule has 0 radical (unpaired) electrons. The SMILES string of the molecule is COCC1CC(Nc2ncc3c(-c4cnc5nc(C)n(C(C)C)c5c4)ccn3n2)C1. The number of pyridine rings is 1. The first-order chi connectivity index (χ1) is 14.5. The van der Waals surface area contributed by atoms with E-state index in [4.69, 9.17) is 4.74 Å². The summed E-state index contributed by atoms with van der Waals surface area (Å²) in [6, 6.07) is 4.97. The first-order valence-corrected chi connectivity index (χ1v) is 10.5. The fourth-order valence-electron chi connectivity index (χ4n) is 4.51. The van der Waals surface area contributed by atoms with Crippen molar-refractivity contribution < 1.29 is 4.74 Å². The Morgan fingerprint density at radius 3 is 2.80 bits per heavy atom. The summed E-state index contributed by atoms with van der Waals surface area (Å²) in [4.78, 5) is 13.8. The molecular weight excluding hydrogens is 378 g/mol. The first-order valence-electron chi connectivity index (χ1n) is 10.5. The zero-order valence-electron chi connectivity index (χ0n) is 17.8. The molecule has 0 unspecified atom stereocenters. The molecule has 4 aromatic rings. The average Bonchev–Trinajstić information content (AvgIpc) is 3.25. The van der Waals surface area contributed by atoms with E-state index in [0.29, 0.717) is 23.9 Å². The van der Waals surface area contributed by atoms with Gasteiger partial charge in [0.1, 0.15) is 5.82 Å². The summed E-state index contributed by atoms with van der Waals surface area (Å²) >= 11 is 0. The number of hydrogen-bond donors (Lipinski definition) is 1. The molecule has 0 saturated heterocycles. The van der Waals surface area contributed by atoms with E-state index in [1.807, 2.05) is 30.0 Å². The fourth-order valence-corrected chi connectivity index (χ4v) is 4.51. The molecule has 8 nitrogen and oxygen atoms in total. The molecule has 0 spiro atoms. The molecule has 1 aliphatic rings. The number of nitrogens with zero attached hydrogens (tertiary/aromatic N) is 6. The number of aryl methyl sites for hydroxylation is 1. The monoisotopic (exact) mass is 405 g/mol. The van der Waals surface area contributed by atoms with Crippen LogP contribution >= 0.6 is 0 Å². The number of ether oxygens (including phenoxy) is 1. The van der Waals surface area contributed by atoms with E-state index in [-0.39, 0.29) is 0 Å². The van der Waals surface area contributed by atoms with Crippen molar-refractivity contribution in [3.63, 3.8) is 0 Å². The lowest BCUT2D eigenvalue weighted by atomic mass is 9.81. The van der Waals surface area contributed by atoms with Gasteiger partial charge in [-0.25, -0.2) is 19.5 Å². The van der Waals surface area contributed by atoms with Gasteiger partial charge in [-0.15, -0.1) is 5.10 Å². The number of imidazole rings is 1. The number of rotatable bonds is 6. The third-order valence-electron chi connectivity index (χ3n) is 5.94. The van der Waals surface area contributed by atoms with E-state index in [1.54, 1.807) is 7.11 Å². The Labute approximate surface area is 175 Å². The molecule has 30 heavy (non-hydrogen) atoms. The summed E-state index contributed by atoms with van der Waals surface area (Å²) in [6.45, 7) is 7.18. The van der Waals surface area contributed by atoms with Crippen LogP contribution in [0.15, 0.2) is 30.7 Å². The highest BCUT2D eigenvalue weighted by molar-refractivity contribution is 5.85. The van der Waals surface area contributed by atoms with E-state index in [0.717, 1.165) is 53.1 Å². The Morgan fingerprint density at radius 2 is 2.03 bits per heavy atom. The van der Waals surface area contributed by atoms with Crippen LogP contribution in [0.2, 0.25) is 0 Å². The second-order valence-electron chi connectivity index (χ2n) is 8.46. The number of fused-ring (bicyclic) bond motifs is 2. The van der Waals surface area contributed by atoms with Crippen molar-refractivity contribution in [1.82, 2.24) is 29.1 Å². The van der Waals surface area contributed by atoms with Crippen molar-refractivity contribution in [2.24, 2.45) is 5.92 Å². The third kappa shape index (κ3) is 3.21. The molecule has 4 aromatic heterocycles. The Hall–Kier alpha value is -3.00. The van der Waals surface area contributed by atoms with Crippen LogP contribution in [0.5, 0.6) is 0 Å². The molecule has 1 N–H and O–H groups in total. The maximum Gasteiger partial charge on any atom is 0.241 e. The van der Waals surface area contributed by atoms with E-state index in [1.165, 1.54) is 0 Å². The maximum atomic E-state index is 5.22. The molecule has 5 rings (SSSR count). The summed E-state index contributed by atoms with van der Waals surface area (Å²) in [5, 5.41) is 8.08. The van der Waals surface area contributed by atoms with Gasteiger partial charge in [-0.2, -0.15) is 0 Å². The van der Waals surface area contributed by atoms with Crippen LogP contribution in [0.25, 0.3) is 27.8 Å². The normalized spacial score (nSPS) is 19.0. The Balaban J connectivity index is 1.43. The lowest BCUT2D eigenvalue weighted by Crippen LogP contribution is -2.38. The van der Waals surface area contributed by atoms with Crippen LogP contribution in [0.4, 0.5) is 5.95 Å². The molecule has 1 fully saturated rings. The van der Waals surface area contributed by atoms with Crippen LogP contribution in [0.1, 0.15) is 38.6 Å². The topological polar surface area (TPSA) is 82.2 Å².